The van der Waals surface area contributed by atoms with Gasteiger partial charge in [0.05, 0.1) is 12.6 Å². The standard InChI is InChI=1S/C18H27N3O3/c1-2-3-9-19-17(22)13-20-15-7-4-6-14(11-15)18(23)21-12-16-8-5-10-24-16/h4,6-7,11,16,20H,2-3,5,8-10,12-13H2,1H3,(H,19,22)(H,21,23). The Hall–Kier alpha value is -2.08. The van der Waals surface area contributed by atoms with Gasteiger partial charge in [-0.15, -0.1) is 0 Å². The van der Waals surface area contributed by atoms with E-state index in [2.05, 4.69) is 22.9 Å². The van der Waals surface area contributed by atoms with Crippen LogP contribution in [0.15, 0.2) is 24.3 Å². The third kappa shape index (κ3) is 6.20. The van der Waals surface area contributed by atoms with Crippen LogP contribution in [-0.2, 0) is 9.53 Å². The summed E-state index contributed by atoms with van der Waals surface area (Å²) in [7, 11) is 0. The maximum Gasteiger partial charge on any atom is 0.251 e. The smallest absolute Gasteiger partial charge is 0.251 e. The Balaban J connectivity index is 1.77. The number of anilines is 1. The lowest BCUT2D eigenvalue weighted by Gasteiger charge is -2.12. The number of unbranched alkanes of at least 4 members (excludes halogenated alkanes) is 1. The second kappa shape index (κ2) is 9.93. The third-order valence-corrected chi connectivity index (χ3v) is 3.94. The molecule has 6 nitrogen and oxygen atoms in total. The number of rotatable bonds is 9. The summed E-state index contributed by atoms with van der Waals surface area (Å²) in [4.78, 5) is 23.9. The van der Waals surface area contributed by atoms with Gasteiger partial charge in [-0.3, -0.25) is 9.59 Å². The number of ether oxygens (including phenoxy) is 1. The topological polar surface area (TPSA) is 79.5 Å². The Morgan fingerprint density at radius 3 is 2.92 bits per heavy atom. The maximum absolute atomic E-state index is 12.2. The van der Waals surface area contributed by atoms with E-state index >= 15 is 0 Å². The van der Waals surface area contributed by atoms with Crippen molar-refractivity contribution in [3.8, 4) is 0 Å². The summed E-state index contributed by atoms with van der Waals surface area (Å²) in [6.45, 7) is 4.30. The van der Waals surface area contributed by atoms with Crippen molar-refractivity contribution in [3.05, 3.63) is 29.8 Å². The molecule has 0 spiro atoms. The van der Waals surface area contributed by atoms with Gasteiger partial charge >= 0.3 is 0 Å². The molecule has 1 heterocycles. The number of hydrogen-bond acceptors (Lipinski definition) is 4. The minimum absolute atomic E-state index is 0.0447. The lowest BCUT2D eigenvalue weighted by Crippen LogP contribution is -2.32. The summed E-state index contributed by atoms with van der Waals surface area (Å²) < 4.78 is 5.50. The van der Waals surface area contributed by atoms with Crippen molar-refractivity contribution in [2.45, 2.75) is 38.7 Å². The van der Waals surface area contributed by atoms with E-state index in [0.29, 0.717) is 18.7 Å². The Morgan fingerprint density at radius 1 is 1.29 bits per heavy atom. The summed E-state index contributed by atoms with van der Waals surface area (Å²) in [5.74, 6) is -0.168. The van der Waals surface area contributed by atoms with Crippen molar-refractivity contribution in [1.29, 1.82) is 0 Å². The lowest BCUT2D eigenvalue weighted by molar-refractivity contribution is -0.119. The van der Waals surface area contributed by atoms with Crippen LogP contribution >= 0.6 is 0 Å². The highest BCUT2D eigenvalue weighted by molar-refractivity contribution is 5.95. The number of hydrogen-bond donors (Lipinski definition) is 3. The molecule has 1 aromatic rings. The lowest BCUT2D eigenvalue weighted by atomic mass is 10.1. The number of benzene rings is 1. The van der Waals surface area contributed by atoms with E-state index in [1.807, 2.05) is 6.07 Å². The zero-order valence-corrected chi connectivity index (χ0v) is 14.3. The van der Waals surface area contributed by atoms with E-state index in [0.717, 1.165) is 38.0 Å². The van der Waals surface area contributed by atoms with Crippen molar-refractivity contribution in [2.24, 2.45) is 0 Å². The average Bonchev–Trinajstić information content (AvgIpc) is 3.12. The maximum atomic E-state index is 12.2. The van der Waals surface area contributed by atoms with Crippen LogP contribution in [0.2, 0.25) is 0 Å². The first-order valence-electron chi connectivity index (χ1n) is 8.69. The highest BCUT2D eigenvalue weighted by Gasteiger charge is 2.16. The SMILES string of the molecule is CCCCNC(=O)CNc1cccc(C(=O)NCC2CCCO2)c1. The Labute approximate surface area is 143 Å². The van der Waals surface area contributed by atoms with Crippen molar-refractivity contribution < 1.29 is 14.3 Å². The van der Waals surface area contributed by atoms with E-state index < -0.39 is 0 Å². The van der Waals surface area contributed by atoms with Gasteiger partial charge in [-0.05, 0) is 37.5 Å². The van der Waals surface area contributed by atoms with E-state index in [9.17, 15) is 9.59 Å². The summed E-state index contributed by atoms with van der Waals surface area (Å²) in [6, 6.07) is 7.16. The van der Waals surface area contributed by atoms with Crippen LogP contribution in [0, 0.1) is 0 Å². The Morgan fingerprint density at radius 2 is 2.17 bits per heavy atom. The fourth-order valence-corrected chi connectivity index (χ4v) is 2.53. The number of amides is 2. The fourth-order valence-electron chi connectivity index (χ4n) is 2.53. The first-order chi connectivity index (χ1) is 11.7. The molecule has 0 aliphatic carbocycles. The van der Waals surface area contributed by atoms with Gasteiger partial charge in [-0.25, -0.2) is 0 Å². The Kier molecular flexibility index (Phi) is 7.55. The molecule has 1 unspecified atom stereocenters. The van der Waals surface area contributed by atoms with Crippen LogP contribution in [0.3, 0.4) is 0 Å². The average molecular weight is 333 g/mol. The van der Waals surface area contributed by atoms with Gasteiger partial charge in [0.25, 0.3) is 5.91 Å². The molecule has 3 N–H and O–H groups in total. The summed E-state index contributed by atoms with van der Waals surface area (Å²) in [5, 5.41) is 8.79. The highest BCUT2D eigenvalue weighted by Crippen LogP contribution is 2.12. The van der Waals surface area contributed by atoms with Gasteiger partial charge in [-0.2, -0.15) is 0 Å². The van der Waals surface area contributed by atoms with Crippen molar-refractivity contribution in [3.63, 3.8) is 0 Å². The number of carbonyl (C=O) groups excluding carboxylic acids is 2. The van der Waals surface area contributed by atoms with E-state index in [1.165, 1.54) is 0 Å². The molecule has 1 saturated heterocycles. The second-order valence-electron chi connectivity index (χ2n) is 5.98. The van der Waals surface area contributed by atoms with Crippen molar-refractivity contribution >= 4 is 17.5 Å². The molecule has 1 aliphatic heterocycles. The molecule has 0 aromatic heterocycles. The zero-order chi connectivity index (χ0) is 17.2. The van der Waals surface area contributed by atoms with Crippen LogP contribution in [0.4, 0.5) is 5.69 Å². The van der Waals surface area contributed by atoms with Crippen LogP contribution in [-0.4, -0.2) is 44.2 Å². The van der Waals surface area contributed by atoms with Crippen LogP contribution in [0.25, 0.3) is 0 Å². The van der Waals surface area contributed by atoms with Crippen molar-refractivity contribution in [1.82, 2.24) is 10.6 Å². The van der Waals surface area contributed by atoms with E-state index in [-0.39, 0.29) is 24.5 Å². The molecule has 0 bridgehead atoms. The van der Waals surface area contributed by atoms with Gasteiger partial charge in [0.1, 0.15) is 0 Å². The van der Waals surface area contributed by atoms with Gasteiger partial charge < -0.3 is 20.7 Å². The molecule has 1 fully saturated rings. The van der Waals surface area contributed by atoms with Gasteiger partial charge in [-0.1, -0.05) is 19.4 Å². The molecule has 1 aromatic carbocycles. The highest BCUT2D eigenvalue weighted by atomic mass is 16.5. The molecule has 1 atom stereocenters. The molecular weight excluding hydrogens is 306 g/mol. The first kappa shape index (κ1) is 18.3. The predicted molar refractivity (Wildman–Crippen MR) is 94.2 cm³/mol. The molecule has 2 amide bonds. The molecule has 24 heavy (non-hydrogen) atoms. The zero-order valence-electron chi connectivity index (χ0n) is 14.3. The number of nitrogens with one attached hydrogen (secondary N) is 3. The molecular formula is C18H27N3O3. The molecule has 6 heteroatoms. The molecule has 132 valence electrons. The summed E-state index contributed by atoms with van der Waals surface area (Å²) in [6.07, 6.45) is 4.21. The van der Waals surface area contributed by atoms with E-state index in [1.54, 1.807) is 18.2 Å². The van der Waals surface area contributed by atoms with Gasteiger partial charge in [0.15, 0.2) is 0 Å². The van der Waals surface area contributed by atoms with Crippen molar-refractivity contribution in [2.75, 3.05) is 31.6 Å². The quantitative estimate of drug-likeness (QED) is 0.603. The van der Waals surface area contributed by atoms with Crippen LogP contribution < -0.4 is 16.0 Å². The second-order valence-corrected chi connectivity index (χ2v) is 5.98. The van der Waals surface area contributed by atoms with Crippen LogP contribution in [0.5, 0.6) is 0 Å². The van der Waals surface area contributed by atoms with Crippen LogP contribution in [0.1, 0.15) is 43.0 Å². The molecule has 1 aliphatic rings. The normalized spacial score (nSPS) is 16.6. The Bertz CT molecular complexity index is 542. The summed E-state index contributed by atoms with van der Waals surface area (Å²) in [5.41, 5.74) is 1.33. The van der Waals surface area contributed by atoms with Gasteiger partial charge in [0.2, 0.25) is 5.91 Å². The fraction of sp³-hybridized carbons (Fsp3) is 0.556. The minimum atomic E-state index is -0.124. The first-order valence-corrected chi connectivity index (χ1v) is 8.69. The predicted octanol–water partition coefficient (Wildman–Crippen LogP) is 1.92. The number of carbonyl (C=O) groups is 2. The third-order valence-electron chi connectivity index (χ3n) is 3.94. The molecule has 2 rings (SSSR count). The molecule has 0 radical (unpaired) electrons. The molecule has 0 saturated carbocycles. The van der Waals surface area contributed by atoms with E-state index in [4.69, 9.17) is 4.74 Å². The van der Waals surface area contributed by atoms with Gasteiger partial charge in [0, 0.05) is 30.9 Å². The monoisotopic (exact) mass is 333 g/mol. The minimum Gasteiger partial charge on any atom is -0.376 e. The summed E-state index contributed by atoms with van der Waals surface area (Å²) >= 11 is 0. The largest absolute Gasteiger partial charge is 0.376 e.